The molecule has 3 rings (SSSR count). The third kappa shape index (κ3) is 5.39. The Morgan fingerprint density at radius 3 is 2.42 bits per heavy atom. The van der Waals surface area contributed by atoms with Crippen LogP contribution in [0, 0.1) is 5.82 Å². The lowest BCUT2D eigenvalue weighted by Crippen LogP contribution is -2.23. The normalized spacial score (nSPS) is 10.5. The Hall–Kier alpha value is -3.25. The Morgan fingerprint density at radius 1 is 0.923 bits per heavy atom. The molecule has 0 heterocycles. The molecule has 0 atom stereocenters. The van der Waals surface area contributed by atoms with Crippen molar-refractivity contribution >= 4 is 29.2 Å². The first kappa shape index (κ1) is 17.6. The first-order valence-corrected chi connectivity index (χ1v) is 8.28. The highest BCUT2D eigenvalue weighted by molar-refractivity contribution is 7.80. The molecule has 0 aliphatic heterocycles. The molecule has 26 heavy (non-hydrogen) atoms. The zero-order valence-electron chi connectivity index (χ0n) is 13.7. The van der Waals surface area contributed by atoms with Crippen LogP contribution in [0.4, 0.5) is 10.1 Å². The van der Waals surface area contributed by atoms with Gasteiger partial charge in [0.15, 0.2) is 5.11 Å². The third-order valence-electron chi connectivity index (χ3n) is 3.32. The topological polar surface area (TPSA) is 45.7 Å². The largest absolute Gasteiger partial charge is 0.457 e. The maximum Gasteiger partial charge on any atom is 0.191 e. The van der Waals surface area contributed by atoms with E-state index >= 15 is 0 Å². The van der Waals surface area contributed by atoms with E-state index in [0.717, 1.165) is 11.3 Å². The van der Waals surface area contributed by atoms with Gasteiger partial charge < -0.3 is 10.1 Å². The van der Waals surface area contributed by atoms with Crippen molar-refractivity contribution in [2.45, 2.75) is 0 Å². The van der Waals surface area contributed by atoms with Crippen molar-refractivity contribution < 1.29 is 9.13 Å². The Morgan fingerprint density at radius 2 is 1.65 bits per heavy atom. The van der Waals surface area contributed by atoms with E-state index in [9.17, 15) is 4.39 Å². The molecule has 0 unspecified atom stereocenters. The standard InChI is InChI=1S/C20H16FN3OS/c21-16-9-11-17(12-10-16)23-20(26)24-22-14-15-5-4-8-19(13-15)25-18-6-2-1-3-7-18/h1-14H,(H2,23,24,26)/b22-14-. The van der Waals surface area contributed by atoms with Crippen LogP contribution in [0.1, 0.15) is 5.56 Å². The van der Waals surface area contributed by atoms with Crippen LogP contribution in [0.2, 0.25) is 0 Å². The summed E-state index contributed by atoms with van der Waals surface area (Å²) in [4.78, 5) is 0. The number of para-hydroxylation sites is 1. The van der Waals surface area contributed by atoms with E-state index in [1.165, 1.54) is 12.1 Å². The highest BCUT2D eigenvalue weighted by Gasteiger charge is 1.99. The van der Waals surface area contributed by atoms with Gasteiger partial charge in [0.2, 0.25) is 0 Å². The lowest BCUT2D eigenvalue weighted by atomic mass is 10.2. The molecule has 0 amide bonds. The Kier molecular flexibility index (Phi) is 5.90. The van der Waals surface area contributed by atoms with Gasteiger partial charge in [-0.25, -0.2) is 4.39 Å². The monoisotopic (exact) mass is 365 g/mol. The smallest absolute Gasteiger partial charge is 0.191 e. The molecule has 0 saturated heterocycles. The minimum Gasteiger partial charge on any atom is -0.457 e. The van der Waals surface area contributed by atoms with Crippen LogP contribution in [0.3, 0.4) is 0 Å². The predicted molar refractivity (Wildman–Crippen MR) is 106 cm³/mol. The van der Waals surface area contributed by atoms with E-state index in [0.29, 0.717) is 16.5 Å². The quantitative estimate of drug-likeness (QED) is 0.382. The fourth-order valence-electron chi connectivity index (χ4n) is 2.14. The summed E-state index contributed by atoms with van der Waals surface area (Å²) < 4.78 is 18.7. The van der Waals surface area contributed by atoms with Gasteiger partial charge in [-0.05, 0) is 66.3 Å². The molecule has 6 heteroatoms. The van der Waals surface area contributed by atoms with E-state index < -0.39 is 0 Å². The van der Waals surface area contributed by atoms with Gasteiger partial charge in [-0.15, -0.1) is 0 Å². The highest BCUT2D eigenvalue weighted by atomic mass is 32.1. The third-order valence-corrected chi connectivity index (χ3v) is 3.51. The second-order valence-corrected chi connectivity index (χ2v) is 5.73. The van der Waals surface area contributed by atoms with Crippen molar-refractivity contribution in [3.8, 4) is 11.5 Å². The van der Waals surface area contributed by atoms with Gasteiger partial charge in [-0.2, -0.15) is 5.10 Å². The summed E-state index contributed by atoms with van der Waals surface area (Å²) in [5.74, 6) is 1.18. The minimum absolute atomic E-state index is 0.301. The zero-order chi connectivity index (χ0) is 18.2. The van der Waals surface area contributed by atoms with Crippen molar-refractivity contribution in [1.29, 1.82) is 0 Å². The number of hydrogen-bond acceptors (Lipinski definition) is 3. The van der Waals surface area contributed by atoms with Crippen molar-refractivity contribution in [2.75, 3.05) is 5.32 Å². The number of thiocarbonyl (C=S) groups is 1. The second kappa shape index (κ2) is 8.73. The Bertz CT molecular complexity index is 898. The molecule has 3 aromatic carbocycles. The second-order valence-electron chi connectivity index (χ2n) is 5.32. The van der Waals surface area contributed by atoms with Gasteiger partial charge in [0.1, 0.15) is 17.3 Å². The van der Waals surface area contributed by atoms with Crippen LogP contribution in [-0.2, 0) is 0 Å². The van der Waals surface area contributed by atoms with Crippen molar-refractivity contribution in [2.24, 2.45) is 5.10 Å². The van der Waals surface area contributed by atoms with Gasteiger partial charge in [-0.1, -0.05) is 30.3 Å². The van der Waals surface area contributed by atoms with Crippen LogP contribution < -0.4 is 15.5 Å². The average Bonchev–Trinajstić information content (AvgIpc) is 2.65. The first-order valence-electron chi connectivity index (χ1n) is 7.88. The van der Waals surface area contributed by atoms with E-state index in [1.807, 2.05) is 54.6 Å². The Balaban J connectivity index is 1.55. The van der Waals surface area contributed by atoms with E-state index in [-0.39, 0.29) is 5.82 Å². The lowest BCUT2D eigenvalue weighted by Gasteiger charge is -2.07. The molecule has 0 aliphatic carbocycles. The molecule has 130 valence electrons. The summed E-state index contributed by atoms with van der Waals surface area (Å²) in [7, 11) is 0. The lowest BCUT2D eigenvalue weighted by molar-refractivity contribution is 0.482. The van der Waals surface area contributed by atoms with Gasteiger partial charge in [-0.3, -0.25) is 5.43 Å². The SMILES string of the molecule is Fc1ccc(NC(=S)N/N=C\c2cccc(Oc3ccccc3)c2)cc1. The molecule has 3 aromatic rings. The number of anilines is 1. The summed E-state index contributed by atoms with van der Waals surface area (Å²) in [6, 6.07) is 23.0. The number of rotatable bonds is 5. The van der Waals surface area contributed by atoms with Gasteiger partial charge >= 0.3 is 0 Å². The first-order chi connectivity index (χ1) is 12.7. The van der Waals surface area contributed by atoms with E-state index in [1.54, 1.807) is 18.3 Å². The van der Waals surface area contributed by atoms with Crippen molar-refractivity contribution in [1.82, 2.24) is 5.43 Å². The van der Waals surface area contributed by atoms with E-state index in [2.05, 4.69) is 15.8 Å². The van der Waals surface area contributed by atoms with Gasteiger partial charge in [0.25, 0.3) is 0 Å². The number of ether oxygens (including phenoxy) is 1. The molecule has 4 nitrogen and oxygen atoms in total. The molecule has 0 bridgehead atoms. The van der Waals surface area contributed by atoms with Gasteiger partial charge in [0.05, 0.1) is 6.21 Å². The van der Waals surface area contributed by atoms with Crippen LogP contribution in [0.5, 0.6) is 11.5 Å². The fraction of sp³-hybridized carbons (Fsp3) is 0. The molecular formula is C20H16FN3OS. The number of benzene rings is 3. The average molecular weight is 365 g/mol. The predicted octanol–water partition coefficient (Wildman–Crippen LogP) is 4.94. The summed E-state index contributed by atoms with van der Waals surface area (Å²) in [5.41, 5.74) is 4.25. The number of hydrogen-bond donors (Lipinski definition) is 2. The number of nitrogens with zero attached hydrogens (tertiary/aromatic N) is 1. The Labute approximate surface area is 156 Å². The molecule has 0 spiro atoms. The summed E-state index contributed by atoms with van der Waals surface area (Å²) in [6.45, 7) is 0. The fourth-order valence-corrected chi connectivity index (χ4v) is 2.31. The molecule has 0 aromatic heterocycles. The van der Waals surface area contributed by atoms with E-state index in [4.69, 9.17) is 17.0 Å². The molecule has 2 N–H and O–H groups in total. The van der Waals surface area contributed by atoms with Crippen LogP contribution in [0.25, 0.3) is 0 Å². The minimum atomic E-state index is -0.301. The molecular weight excluding hydrogens is 349 g/mol. The van der Waals surface area contributed by atoms with Gasteiger partial charge in [0, 0.05) is 5.69 Å². The maximum atomic E-state index is 12.9. The summed E-state index contributed by atoms with van der Waals surface area (Å²) in [6.07, 6.45) is 1.64. The molecule has 0 saturated carbocycles. The molecule has 0 aliphatic rings. The van der Waals surface area contributed by atoms with Crippen LogP contribution >= 0.6 is 12.2 Å². The molecule has 0 fully saturated rings. The van der Waals surface area contributed by atoms with Crippen LogP contribution in [0.15, 0.2) is 84.0 Å². The van der Waals surface area contributed by atoms with Crippen LogP contribution in [-0.4, -0.2) is 11.3 Å². The molecule has 0 radical (unpaired) electrons. The summed E-state index contributed by atoms with van der Waals surface area (Å²) >= 11 is 5.14. The summed E-state index contributed by atoms with van der Waals surface area (Å²) in [5, 5.41) is 7.32. The van der Waals surface area contributed by atoms with Crippen molar-refractivity contribution in [3.05, 3.63) is 90.2 Å². The highest BCUT2D eigenvalue weighted by Crippen LogP contribution is 2.21. The maximum absolute atomic E-state index is 12.9. The number of hydrazone groups is 1. The number of nitrogens with one attached hydrogen (secondary N) is 2. The zero-order valence-corrected chi connectivity index (χ0v) is 14.5. The van der Waals surface area contributed by atoms with Crippen molar-refractivity contribution in [3.63, 3.8) is 0 Å². The number of halogens is 1.